The molecule has 1 amide bonds. The normalized spacial score (nSPS) is 10.9. The number of nitrogens with zero attached hydrogens (tertiary/aromatic N) is 1. The molecule has 0 saturated heterocycles. The van der Waals surface area contributed by atoms with Gasteiger partial charge in [-0.1, -0.05) is 38.1 Å². The van der Waals surface area contributed by atoms with Gasteiger partial charge in [-0.25, -0.2) is 0 Å². The van der Waals surface area contributed by atoms with E-state index >= 15 is 0 Å². The number of hydrogen-bond donors (Lipinski definition) is 0. The first-order valence-electron chi connectivity index (χ1n) is 7.05. The van der Waals surface area contributed by atoms with E-state index in [2.05, 4.69) is 38.1 Å². The summed E-state index contributed by atoms with van der Waals surface area (Å²) in [6.45, 7) is 5.29. The van der Waals surface area contributed by atoms with Crippen LogP contribution in [-0.2, 0) is 17.9 Å². The van der Waals surface area contributed by atoms with Crippen LogP contribution in [0.3, 0.4) is 0 Å². The van der Waals surface area contributed by atoms with E-state index in [1.807, 2.05) is 12.1 Å². The van der Waals surface area contributed by atoms with E-state index in [9.17, 15) is 4.79 Å². The lowest BCUT2D eigenvalue weighted by atomic mass is 10.0. The van der Waals surface area contributed by atoms with Crippen LogP contribution in [0.4, 0.5) is 0 Å². The van der Waals surface area contributed by atoms with Crippen LogP contribution in [0.1, 0.15) is 36.7 Å². The molecule has 21 heavy (non-hydrogen) atoms. The maximum Gasteiger partial charge on any atom is 0.238 e. The minimum atomic E-state index is -0.0963. The molecule has 0 unspecified atom stereocenters. The minimum Gasteiger partial charge on any atom is -0.467 e. The number of alkyl halides is 1. The Bertz CT molecular complexity index is 561. The van der Waals surface area contributed by atoms with Crippen LogP contribution in [0, 0.1) is 0 Å². The maximum atomic E-state index is 12.0. The number of hydrogen-bond acceptors (Lipinski definition) is 2. The molecule has 3 nitrogen and oxygen atoms in total. The molecule has 0 bridgehead atoms. The first-order valence-corrected chi connectivity index (χ1v) is 7.58. The number of rotatable bonds is 6. The first-order chi connectivity index (χ1) is 10.1. The van der Waals surface area contributed by atoms with Gasteiger partial charge < -0.3 is 9.32 Å². The Morgan fingerprint density at radius 3 is 2.43 bits per heavy atom. The fourth-order valence-electron chi connectivity index (χ4n) is 2.14. The van der Waals surface area contributed by atoms with E-state index in [0.29, 0.717) is 19.0 Å². The van der Waals surface area contributed by atoms with Crippen molar-refractivity contribution in [2.75, 3.05) is 5.88 Å². The monoisotopic (exact) mass is 305 g/mol. The maximum absolute atomic E-state index is 12.0. The molecule has 2 aromatic rings. The zero-order valence-electron chi connectivity index (χ0n) is 12.4. The highest BCUT2D eigenvalue weighted by molar-refractivity contribution is 6.27. The summed E-state index contributed by atoms with van der Waals surface area (Å²) in [5.74, 6) is 1.14. The van der Waals surface area contributed by atoms with Crippen molar-refractivity contribution in [3.8, 4) is 0 Å². The molecule has 0 fully saturated rings. The Morgan fingerprint density at radius 1 is 1.19 bits per heavy atom. The van der Waals surface area contributed by atoms with Crippen molar-refractivity contribution in [3.63, 3.8) is 0 Å². The third-order valence-electron chi connectivity index (χ3n) is 3.41. The van der Waals surface area contributed by atoms with Crippen LogP contribution in [0.2, 0.25) is 0 Å². The highest BCUT2D eigenvalue weighted by Crippen LogP contribution is 2.17. The molecular weight excluding hydrogens is 286 g/mol. The van der Waals surface area contributed by atoms with E-state index < -0.39 is 0 Å². The van der Waals surface area contributed by atoms with Gasteiger partial charge in [-0.05, 0) is 29.2 Å². The summed E-state index contributed by atoms with van der Waals surface area (Å²) in [7, 11) is 0. The smallest absolute Gasteiger partial charge is 0.238 e. The zero-order valence-corrected chi connectivity index (χ0v) is 13.1. The van der Waals surface area contributed by atoms with Crippen LogP contribution in [0.15, 0.2) is 47.1 Å². The Morgan fingerprint density at radius 2 is 1.90 bits per heavy atom. The van der Waals surface area contributed by atoms with Crippen LogP contribution >= 0.6 is 11.6 Å². The summed E-state index contributed by atoms with van der Waals surface area (Å²) >= 11 is 5.70. The molecule has 0 aliphatic carbocycles. The summed E-state index contributed by atoms with van der Waals surface area (Å²) in [5, 5.41) is 0. The predicted octanol–water partition coefficient (Wildman–Crippen LogP) is 4.17. The molecule has 1 aromatic heterocycles. The highest BCUT2D eigenvalue weighted by Gasteiger charge is 2.15. The third kappa shape index (κ3) is 4.36. The number of furan rings is 1. The topological polar surface area (TPSA) is 33.5 Å². The highest BCUT2D eigenvalue weighted by atomic mass is 35.5. The van der Waals surface area contributed by atoms with Gasteiger partial charge in [0.2, 0.25) is 5.91 Å². The van der Waals surface area contributed by atoms with Crippen molar-refractivity contribution in [3.05, 3.63) is 59.5 Å². The van der Waals surface area contributed by atoms with Crippen molar-refractivity contribution in [2.45, 2.75) is 32.9 Å². The molecule has 0 aliphatic rings. The third-order valence-corrected chi connectivity index (χ3v) is 3.64. The number of benzene rings is 1. The number of carbonyl (C=O) groups is 1. The Balaban J connectivity index is 2.09. The molecule has 0 spiro atoms. The van der Waals surface area contributed by atoms with Gasteiger partial charge >= 0.3 is 0 Å². The average Bonchev–Trinajstić information content (AvgIpc) is 2.99. The van der Waals surface area contributed by atoms with Gasteiger partial charge in [0.1, 0.15) is 11.6 Å². The number of amides is 1. The molecular formula is C17H20ClNO2. The van der Waals surface area contributed by atoms with Crippen LogP contribution in [0.5, 0.6) is 0 Å². The fraction of sp³-hybridized carbons (Fsp3) is 0.353. The molecule has 0 N–H and O–H groups in total. The van der Waals surface area contributed by atoms with E-state index in [-0.39, 0.29) is 11.8 Å². The molecule has 2 rings (SSSR count). The molecule has 0 radical (unpaired) electrons. The lowest BCUT2D eigenvalue weighted by Gasteiger charge is -2.21. The molecule has 1 aromatic carbocycles. The minimum absolute atomic E-state index is 0.0230. The van der Waals surface area contributed by atoms with Crippen LogP contribution in [-0.4, -0.2) is 16.7 Å². The lowest BCUT2D eigenvalue weighted by Crippen LogP contribution is -2.30. The second kappa shape index (κ2) is 7.32. The fourth-order valence-corrected chi connectivity index (χ4v) is 2.30. The van der Waals surface area contributed by atoms with Crippen molar-refractivity contribution < 1.29 is 9.21 Å². The Labute approximate surface area is 130 Å². The predicted molar refractivity (Wildman–Crippen MR) is 84.2 cm³/mol. The van der Waals surface area contributed by atoms with Gasteiger partial charge in [-0.2, -0.15) is 0 Å². The molecule has 0 aliphatic heterocycles. The lowest BCUT2D eigenvalue weighted by molar-refractivity contribution is -0.130. The van der Waals surface area contributed by atoms with Gasteiger partial charge in [0.25, 0.3) is 0 Å². The van der Waals surface area contributed by atoms with Gasteiger partial charge in [-0.15, -0.1) is 11.6 Å². The van der Waals surface area contributed by atoms with Gasteiger partial charge in [0, 0.05) is 6.54 Å². The van der Waals surface area contributed by atoms with Gasteiger partial charge in [0.05, 0.1) is 12.8 Å². The number of carbonyl (C=O) groups excluding carboxylic acids is 1. The summed E-state index contributed by atoms with van der Waals surface area (Å²) in [6.07, 6.45) is 1.61. The summed E-state index contributed by atoms with van der Waals surface area (Å²) in [5.41, 5.74) is 2.38. The average molecular weight is 306 g/mol. The van der Waals surface area contributed by atoms with Gasteiger partial charge in [-0.3, -0.25) is 4.79 Å². The first kappa shape index (κ1) is 15.6. The summed E-state index contributed by atoms with van der Waals surface area (Å²) < 4.78 is 5.31. The Kier molecular flexibility index (Phi) is 5.45. The Hall–Kier alpha value is -1.74. The second-order valence-electron chi connectivity index (χ2n) is 5.36. The quantitative estimate of drug-likeness (QED) is 0.750. The molecule has 112 valence electrons. The van der Waals surface area contributed by atoms with Crippen LogP contribution in [0.25, 0.3) is 0 Å². The second-order valence-corrected chi connectivity index (χ2v) is 5.63. The largest absolute Gasteiger partial charge is 0.467 e. The van der Waals surface area contributed by atoms with E-state index in [1.165, 1.54) is 5.56 Å². The number of halogens is 1. The van der Waals surface area contributed by atoms with Crippen molar-refractivity contribution >= 4 is 17.5 Å². The van der Waals surface area contributed by atoms with E-state index in [1.54, 1.807) is 11.2 Å². The van der Waals surface area contributed by atoms with E-state index in [4.69, 9.17) is 16.0 Å². The zero-order chi connectivity index (χ0) is 15.2. The van der Waals surface area contributed by atoms with E-state index in [0.717, 1.165) is 11.3 Å². The van der Waals surface area contributed by atoms with Crippen molar-refractivity contribution in [1.82, 2.24) is 4.90 Å². The standard InChI is InChI=1S/C17H20ClNO2/c1-13(2)15-7-5-14(6-8-15)11-19(17(20)10-18)12-16-4-3-9-21-16/h3-9,13H,10-12H2,1-2H3. The summed E-state index contributed by atoms with van der Waals surface area (Å²) in [6, 6.07) is 12.0. The summed E-state index contributed by atoms with van der Waals surface area (Å²) in [4.78, 5) is 13.7. The SMILES string of the molecule is CC(C)c1ccc(CN(Cc2ccco2)C(=O)CCl)cc1. The molecule has 4 heteroatoms. The van der Waals surface area contributed by atoms with Crippen LogP contribution < -0.4 is 0 Å². The molecule has 0 atom stereocenters. The van der Waals surface area contributed by atoms with Gasteiger partial charge in [0.15, 0.2) is 0 Å². The van der Waals surface area contributed by atoms with Crippen molar-refractivity contribution in [1.29, 1.82) is 0 Å². The van der Waals surface area contributed by atoms with Crippen molar-refractivity contribution in [2.24, 2.45) is 0 Å². The molecule has 1 heterocycles. The molecule has 0 saturated carbocycles.